The Labute approximate surface area is 223 Å². The molecular weight excluding hydrogens is 478 g/mol. The minimum absolute atomic E-state index is 0.0144. The van der Waals surface area contributed by atoms with Gasteiger partial charge in [0, 0.05) is 41.5 Å². The molecule has 0 spiro atoms. The van der Waals surface area contributed by atoms with E-state index < -0.39 is 5.97 Å². The first-order valence-corrected chi connectivity index (χ1v) is 13.5. The molecule has 0 unspecified atom stereocenters. The van der Waals surface area contributed by atoms with E-state index in [-0.39, 0.29) is 35.9 Å². The zero-order valence-corrected chi connectivity index (χ0v) is 22.5. The average molecular weight is 514 g/mol. The topological polar surface area (TPSA) is 77.1 Å². The molecule has 3 heterocycles. The van der Waals surface area contributed by atoms with Crippen LogP contribution in [0.1, 0.15) is 63.7 Å². The Kier molecular flexibility index (Phi) is 7.36. The summed E-state index contributed by atoms with van der Waals surface area (Å²) in [7, 11) is 0. The predicted octanol–water partition coefficient (Wildman–Crippen LogP) is 7.01. The monoisotopic (exact) mass is 513 g/mol. The molecule has 3 aromatic heterocycles. The Hall–Kier alpha value is -3.87. The van der Waals surface area contributed by atoms with Crippen LogP contribution in [-0.2, 0) is 9.53 Å². The van der Waals surface area contributed by atoms with Crippen molar-refractivity contribution in [1.82, 2.24) is 9.38 Å². The van der Waals surface area contributed by atoms with E-state index in [1.165, 1.54) is 0 Å². The van der Waals surface area contributed by atoms with E-state index in [1.54, 1.807) is 17.9 Å². The average Bonchev–Trinajstić information content (AvgIpc) is 3.54. The molecule has 0 atom stereocenters. The van der Waals surface area contributed by atoms with Gasteiger partial charge >= 0.3 is 5.97 Å². The summed E-state index contributed by atoms with van der Waals surface area (Å²) in [5.74, 6) is 0.874. The number of ether oxygens (including phenoxy) is 1. The van der Waals surface area contributed by atoms with Crippen LogP contribution in [0, 0.1) is 11.8 Å². The second-order valence-electron chi connectivity index (χ2n) is 10.5. The number of furan rings is 1. The lowest BCUT2D eigenvalue weighted by Gasteiger charge is -2.32. The Balaban J connectivity index is 1.48. The van der Waals surface area contributed by atoms with Crippen LogP contribution in [0.2, 0.25) is 0 Å². The van der Waals surface area contributed by atoms with Gasteiger partial charge in [0.05, 0.1) is 12.3 Å². The summed E-state index contributed by atoms with van der Waals surface area (Å²) in [6.45, 7) is 8.14. The van der Waals surface area contributed by atoms with Crippen molar-refractivity contribution in [3.63, 3.8) is 0 Å². The number of amides is 1. The van der Waals surface area contributed by atoms with Crippen LogP contribution in [0.4, 0.5) is 5.88 Å². The third-order valence-electron chi connectivity index (χ3n) is 7.37. The van der Waals surface area contributed by atoms with Gasteiger partial charge in [0.1, 0.15) is 17.0 Å². The van der Waals surface area contributed by atoms with Gasteiger partial charge in [-0.25, -0.2) is 9.78 Å². The number of pyridine rings is 1. The van der Waals surface area contributed by atoms with E-state index in [9.17, 15) is 9.59 Å². The lowest BCUT2D eigenvalue weighted by Crippen LogP contribution is -2.42. The maximum atomic E-state index is 13.7. The van der Waals surface area contributed by atoms with Crippen molar-refractivity contribution < 1.29 is 18.7 Å². The van der Waals surface area contributed by atoms with E-state index in [0.717, 1.165) is 48.2 Å². The van der Waals surface area contributed by atoms with Crippen LogP contribution >= 0.6 is 0 Å². The standard InChI is InChI=1S/C31H35N3O4/c1-5-37-31(36)25-18-27(38-30(25)34(20(2)3)29(35)24-11-9-21(4)10-12-24)23-15-13-22(14-16-23)26-19-33-17-7-6-8-28(33)32-26/h6-8,13-21,24H,5,9-12H2,1-4H3. The van der Waals surface area contributed by atoms with Gasteiger partial charge in [0.25, 0.3) is 0 Å². The molecule has 1 amide bonds. The number of benzene rings is 1. The molecule has 4 aromatic rings. The Morgan fingerprint density at radius 1 is 1.08 bits per heavy atom. The van der Waals surface area contributed by atoms with Crippen molar-refractivity contribution in [3.8, 4) is 22.6 Å². The molecule has 0 N–H and O–H groups in total. The molecule has 0 bridgehead atoms. The van der Waals surface area contributed by atoms with E-state index in [0.29, 0.717) is 11.7 Å². The third kappa shape index (κ3) is 5.10. The molecule has 198 valence electrons. The largest absolute Gasteiger partial charge is 0.462 e. The number of esters is 1. The fourth-order valence-electron chi connectivity index (χ4n) is 5.23. The minimum atomic E-state index is -0.491. The molecule has 1 aliphatic rings. The van der Waals surface area contributed by atoms with E-state index in [2.05, 4.69) is 6.92 Å². The molecule has 0 saturated heterocycles. The molecule has 7 heteroatoms. The number of nitrogens with zero attached hydrogens (tertiary/aromatic N) is 3. The van der Waals surface area contributed by atoms with Crippen LogP contribution < -0.4 is 4.90 Å². The molecule has 1 aromatic carbocycles. The highest BCUT2D eigenvalue weighted by molar-refractivity contribution is 6.03. The summed E-state index contributed by atoms with van der Waals surface area (Å²) >= 11 is 0. The highest BCUT2D eigenvalue weighted by Crippen LogP contribution is 2.37. The third-order valence-corrected chi connectivity index (χ3v) is 7.37. The lowest BCUT2D eigenvalue weighted by atomic mass is 9.82. The van der Waals surface area contributed by atoms with Gasteiger partial charge in [-0.05, 0) is 64.5 Å². The first kappa shape index (κ1) is 25.8. The predicted molar refractivity (Wildman–Crippen MR) is 148 cm³/mol. The summed E-state index contributed by atoms with van der Waals surface area (Å²) in [4.78, 5) is 33.0. The van der Waals surface area contributed by atoms with Crippen LogP contribution in [-0.4, -0.2) is 33.9 Å². The number of imidazole rings is 1. The summed E-state index contributed by atoms with van der Waals surface area (Å²) in [5.41, 5.74) is 3.80. The number of hydrogen-bond donors (Lipinski definition) is 0. The van der Waals surface area contributed by atoms with Crippen molar-refractivity contribution >= 4 is 23.4 Å². The van der Waals surface area contributed by atoms with Gasteiger partial charge in [0.2, 0.25) is 11.8 Å². The van der Waals surface area contributed by atoms with Gasteiger partial charge < -0.3 is 13.6 Å². The zero-order chi connectivity index (χ0) is 26.8. The van der Waals surface area contributed by atoms with Crippen LogP contribution in [0.25, 0.3) is 28.2 Å². The highest BCUT2D eigenvalue weighted by Gasteiger charge is 2.35. The SMILES string of the molecule is CCOC(=O)c1cc(-c2ccc(-c3cn4ccccc4n3)cc2)oc1N(C(=O)C1CCC(C)CC1)C(C)C. The summed E-state index contributed by atoms with van der Waals surface area (Å²) in [6.07, 6.45) is 7.75. The number of carbonyl (C=O) groups is 2. The van der Waals surface area contributed by atoms with Crippen LogP contribution in [0.3, 0.4) is 0 Å². The van der Waals surface area contributed by atoms with Crippen molar-refractivity contribution in [2.45, 2.75) is 59.4 Å². The second kappa shape index (κ2) is 10.9. The number of carbonyl (C=O) groups excluding carboxylic acids is 2. The summed E-state index contributed by atoms with van der Waals surface area (Å²) in [5, 5.41) is 0. The summed E-state index contributed by atoms with van der Waals surface area (Å²) in [6, 6.07) is 15.3. The molecule has 1 fully saturated rings. The molecule has 1 saturated carbocycles. The molecule has 0 aliphatic heterocycles. The smallest absolute Gasteiger partial charge is 0.343 e. The second-order valence-corrected chi connectivity index (χ2v) is 10.5. The Morgan fingerprint density at radius 2 is 1.79 bits per heavy atom. The van der Waals surface area contributed by atoms with E-state index in [1.807, 2.05) is 73.1 Å². The summed E-state index contributed by atoms with van der Waals surface area (Å²) < 4.78 is 13.6. The van der Waals surface area contributed by atoms with Gasteiger partial charge in [-0.15, -0.1) is 0 Å². The maximum Gasteiger partial charge on any atom is 0.343 e. The zero-order valence-electron chi connectivity index (χ0n) is 22.5. The van der Waals surface area contributed by atoms with Crippen LogP contribution in [0.5, 0.6) is 0 Å². The fourth-order valence-corrected chi connectivity index (χ4v) is 5.23. The van der Waals surface area contributed by atoms with Gasteiger partial charge in [-0.2, -0.15) is 0 Å². The number of hydrogen-bond acceptors (Lipinski definition) is 5. The molecule has 38 heavy (non-hydrogen) atoms. The first-order chi connectivity index (χ1) is 18.4. The highest BCUT2D eigenvalue weighted by atomic mass is 16.5. The number of rotatable bonds is 7. The maximum absolute atomic E-state index is 13.7. The number of anilines is 1. The molecule has 7 nitrogen and oxygen atoms in total. The van der Waals surface area contributed by atoms with Gasteiger partial charge in [-0.3, -0.25) is 9.69 Å². The fraction of sp³-hybridized carbons (Fsp3) is 0.387. The van der Waals surface area contributed by atoms with Gasteiger partial charge in [-0.1, -0.05) is 37.3 Å². The van der Waals surface area contributed by atoms with Crippen molar-refractivity contribution in [3.05, 3.63) is 66.5 Å². The molecule has 0 radical (unpaired) electrons. The molecule has 5 rings (SSSR count). The van der Waals surface area contributed by atoms with Gasteiger partial charge in [0.15, 0.2) is 0 Å². The Morgan fingerprint density at radius 3 is 2.45 bits per heavy atom. The number of fused-ring (bicyclic) bond motifs is 1. The number of aromatic nitrogens is 2. The Bertz CT molecular complexity index is 1390. The van der Waals surface area contributed by atoms with Crippen molar-refractivity contribution in [2.75, 3.05) is 11.5 Å². The molecule has 1 aliphatic carbocycles. The van der Waals surface area contributed by atoms with Crippen LogP contribution in [0.15, 0.2) is 65.3 Å². The van der Waals surface area contributed by atoms with Crippen molar-refractivity contribution in [2.24, 2.45) is 11.8 Å². The van der Waals surface area contributed by atoms with E-state index >= 15 is 0 Å². The van der Waals surface area contributed by atoms with Crippen molar-refractivity contribution in [1.29, 1.82) is 0 Å². The quantitative estimate of drug-likeness (QED) is 0.249. The first-order valence-electron chi connectivity index (χ1n) is 13.5. The van der Waals surface area contributed by atoms with E-state index in [4.69, 9.17) is 14.1 Å². The lowest BCUT2D eigenvalue weighted by molar-refractivity contribution is -0.124. The minimum Gasteiger partial charge on any atom is -0.462 e. The molecular formula is C31H35N3O4. The normalized spacial score (nSPS) is 17.6.